The number of esters is 1. The van der Waals surface area contributed by atoms with Crippen molar-refractivity contribution in [2.75, 3.05) is 0 Å². The average molecular weight is 367 g/mol. The van der Waals surface area contributed by atoms with Gasteiger partial charge in [0.2, 0.25) is 0 Å². The first-order valence-corrected chi connectivity index (χ1v) is 12.0. The molecule has 7 aliphatic rings. The number of hydrogen-bond donors (Lipinski definition) is 0. The van der Waals surface area contributed by atoms with Gasteiger partial charge in [-0.25, -0.2) is 0 Å². The van der Waals surface area contributed by atoms with Gasteiger partial charge in [0.15, 0.2) is 0 Å². The summed E-state index contributed by atoms with van der Waals surface area (Å²) in [5, 5.41) is 0. The molecule has 0 aromatic heterocycles. The van der Waals surface area contributed by atoms with E-state index >= 15 is 0 Å². The minimum absolute atomic E-state index is 0.146. The Kier molecular flexibility index (Phi) is 3.10. The highest BCUT2D eigenvalue weighted by atomic mass is 16.5. The van der Waals surface area contributed by atoms with Gasteiger partial charge in [0.1, 0.15) is 6.10 Å². The number of rotatable bonds is 2. The number of hydrogen-bond acceptors (Lipinski definition) is 2. The van der Waals surface area contributed by atoms with Crippen LogP contribution in [-0.4, -0.2) is 12.1 Å². The molecule has 0 aromatic rings. The van der Waals surface area contributed by atoms with Crippen molar-refractivity contribution in [1.82, 2.24) is 0 Å². The highest BCUT2D eigenvalue weighted by Gasteiger charge is 2.68. The molecule has 6 bridgehead atoms. The maximum Gasteiger partial charge on any atom is 0.312 e. The summed E-state index contributed by atoms with van der Waals surface area (Å²) in [4.78, 5) is 13.2. The zero-order valence-corrected chi connectivity index (χ0v) is 16.7. The molecule has 6 fully saturated rings. The van der Waals surface area contributed by atoms with Crippen LogP contribution in [-0.2, 0) is 9.53 Å². The number of allylic oxidation sites excluding steroid dienone is 2. The number of ether oxygens (including phenoxy) is 1. The van der Waals surface area contributed by atoms with Crippen molar-refractivity contribution < 1.29 is 9.53 Å². The van der Waals surface area contributed by atoms with Crippen molar-refractivity contribution >= 4 is 5.97 Å². The van der Waals surface area contributed by atoms with Gasteiger partial charge in [-0.1, -0.05) is 25.0 Å². The molecule has 0 aliphatic heterocycles. The van der Waals surface area contributed by atoms with Gasteiger partial charge in [-0.2, -0.15) is 0 Å². The van der Waals surface area contributed by atoms with Crippen molar-refractivity contribution in [3.05, 3.63) is 12.2 Å². The minimum Gasteiger partial charge on any atom is -0.462 e. The smallest absolute Gasteiger partial charge is 0.312 e. The fourth-order valence-electron chi connectivity index (χ4n) is 10.2. The van der Waals surface area contributed by atoms with Crippen molar-refractivity contribution in [3.8, 4) is 0 Å². The monoisotopic (exact) mass is 366 g/mol. The summed E-state index contributed by atoms with van der Waals surface area (Å²) in [6.07, 6.45) is 17.2. The van der Waals surface area contributed by atoms with Crippen LogP contribution >= 0.6 is 0 Å². The van der Waals surface area contributed by atoms with Crippen LogP contribution in [0.1, 0.15) is 64.7 Å². The normalized spacial score (nSPS) is 61.4. The Morgan fingerprint density at radius 2 is 1.67 bits per heavy atom. The van der Waals surface area contributed by atoms with Crippen molar-refractivity contribution in [2.45, 2.75) is 70.8 Å². The molecule has 7 aliphatic carbocycles. The molecule has 146 valence electrons. The molecule has 7 rings (SSSR count). The number of carbonyl (C=O) groups excluding carboxylic acids is 1. The van der Waals surface area contributed by atoms with Crippen LogP contribution in [0.4, 0.5) is 0 Å². The van der Waals surface area contributed by atoms with Crippen LogP contribution in [0.25, 0.3) is 0 Å². The molecule has 6 saturated carbocycles. The second kappa shape index (κ2) is 5.22. The lowest BCUT2D eigenvalue weighted by molar-refractivity contribution is -0.168. The third kappa shape index (κ3) is 1.92. The molecule has 2 heteroatoms. The second-order valence-corrected chi connectivity index (χ2v) is 11.8. The SMILES string of the molecule is CC1(C(=O)OC2CC3CC2C2C4CC(C5CCCCC54)C32)CC2C=CC1C2. The van der Waals surface area contributed by atoms with E-state index in [4.69, 9.17) is 4.74 Å². The maximum absolute atomic E-state index is 13.2. The zero-order valence-electron chi connectivity index (χ0n) is 16.7. The Balaban J connectivity index is 1.11. The molecule has 27 heavy (non-hydrogen) atoms. The van der Waals surface area contributed by atoms with Gasteiger partial charge in [0.05, 0.1) is 5.41 Å². The van der Waals surface area contributed by atoms with Crippen LogP contribution in [0.15, 0.2) is 12.2 Å². The zero-order chi connectivity index (χ0) is 17.9. The largest absolute Gasteiger partial charge is 0.462 e. The molecule has 12 unspecified atom stereocenters. The second-order valence-electron chi connectivity index (χ2n) is 11.8. The summed E-state index contributed by atoms with van der Waals surface area (Å²) in [7, 11) is 0. The molecule has 0 heterocycles. The quantitative estimate of drug-likeness (QED) is 0.380. The first-order chi connectivity index (χ1) is 13.1. The molecule has 0 aromatic carbocycles. The first-order valence-electron chi connectivity index (χ1n) is 12.0. The first kappa shape index (κ1) is 16.1. The fourth-order valence-corrected chi connectivity index (χ4v) is 10.2. The third-order valence-corrected chi connectivity index (χ3v) is 11.0. The van der Waals surface area contributed by atoms with Crippen LogP contribution in [0, 0.1) is 64.6 Å². The maximum atomic E-state index is 13.2. The summed E-state index contributed by atoms with van der Waals surface area (Å²) in [6.45, 7) is 2.18. The molecule has 0 N–H and O–H groups in total. The number of carbonyl (C=O) groups is 1. The Labute approximate surface area is 163 Å². The van der Waals surface area contributed by atoms with Crippen molar-refractivity contribution in [1.29, 1.82) is 0 Å². The van der Waals surface area contributed by atoms with Gasteiger partial charge >= 0.3 is 5.97 Å². The van der Waals surface area contributed by atoms with E-state index < -0.39 is 0 Å². The summed E-state index contributed by atoms with van der Waals surface area (Å²) in [5.74, 6) is 8.87. The highest BCUT2D eigenvalue weighted by Crippen LogP contribution is 2.72. The van der Waals surface area contributed by atoms with E-state index in [0.717, 1.165) is 47.8 Å². The van der Waals surface area contributed by atoms with Crippen LogP contribution < -0.4 is 0 Å². The van der Waals surface area contributed by atoms with Crippen molar-refractivity contribution in [2.24, 2.45) is 64.6 Å². The average Bonchev–Trinajstić information content (AvgIpc) is 3.46. The topological polar surface area (TPSA) is 26.3 Å². The third-order valence-electron chi connectivity index (χ3n) is 11.0. The van der Waals surface area contributed by atoms with E-state index in [1.54, 1.807) is 0 Å². The molecular weight excluding hydrogens is 332 g/mol. The van der Waals surface area contributed by atoms with Crippen LogP contribution in [0.5, 0.6) is 0 Å². The molecular formula is C25H34O2. The van der Waals surface area contributed by atoms with Gasteiger partial charge in [0, 0.05) is 0 Å². The number of fused-ring (bicyclic) bond motifs is 14. The van der Waals surface area contributed by atoms with Crippen molar-refractivity contribution in [3.63, 3.8) is 0 Å². The van der Waals surface area contributed by atoms with E-state index in [9.17, 15) is 4.79 Å². The Hall–Kier alpha value is -0.790. The molecule has 0 radical (unpaired) electrons. The van der Waals surface area contributed by atoms with E-state index in [-0.39, 0.29) is 17.5 Å². The Morgan fingerprint density at radius 3 is 2.37 bits per heavy atom. The van der Waals surface area contributed by atoms with E-state index in [2.05, 4.69) is 19.1 Å². The highest BCUT2D eigenvalue weighted by molar-refractivity contribution is 5.78. The lowest BCUT2D eigenvalue weighted by Crippen LogP contribution is -2.45. The van der Waals surface area contributed by atoms with Crippen LogP contribution in [0.3, 0.4) is 0 Å². The minimum atomic E-state index is -0.232. The summed E-state index contributed by atoms with van der Waals surface area (Å²) in [6, 6.07) is 0. The molecule has 12 atom stereocenters. The summed E-state index contributed by atoms with van der Waals surface area (Å²) >= 11 is 0. The van der Waals surface area contributed by atoms with Crippen LogP contribution in [0.2, 0.25) is 0 Å². The predicted molar refractivity (Wildman–Crippen MR) is 104 cm³/mol. The van der Waals surface area contributed by atoms with Gasteiger partial charge in [-0.05, 0) is 111 Å². The molecule has 0 spiro atoms. The van der Waals surface area contributed by atoms with E-state index in [1.165, 1.54) is 51.4 Å². The summed E-state index contributed by atoms with van der Waals surface area (Å²) < 4.78 is 6.36. The molecule has 0 saturated heterocycles. The fraction of sp³-hybridized carbons (Fsp3) is 0.880. The predicted octanol–water partition coefficient (Wildman–Crippen LogP) is 5.23. The Morgan fingerprint density at radius 1 is 0.889 bits per heavy atom. The van der Waals surface area contributed by atoms with Gasteiger partial charge < -0.3 is 4.74 Å². The Bertz CT molecular complexity index is 711. The van der Waals surface area contributed by atoms with E-state index in [0.29, 0.717) is 17.8 Å². The lowest BCUT2D eigenvalue weighted by Gasteiger charge is -2.47. The van der Waals surface area contributed by atoms with Gasteiger partial charge in [0.25, 0.3) is 0 Å². The van der Waals surface area contributed by atoms with Gasteiger partial charge in [-0.3, -0.25) is 4.79 Å². The molecule has 2 nitrogen and oxygen atoms in total. The molecule has 0 amide bonds. The van der Waals surface area contributed by atoms with Gasteiger partial charge in [-0.15, -0.1) is 0 Å². The summed E-state index contributed by atoms with van der Waals surface area (Å²) in [5.41, 5.74) is -0.232. The van der Waals surface area contributed by atoms with E-state index in [1.807, 2.05) is 0 Å². The lowest BCUT2D eigenvalue weighted by atomic mass is 9.59. The standard InChI is InChI=1S/C25H34O2/c1-25(12-13-6-7-15(25)8-13)24(26)27-21-10-14-9-20(21)23-19-11-18(22(14)23)16-4-2-3-5-17(16)19/h6-7,13-23H,2-5,8-12H2,1H3.